The van der Waals surface area contributed by atoms with E-state index < -0.39 is 5.60 Å². The van der Waals surface area contributed by atoms with Crippen LogP contribution in [0.1, 0.15) is 57.6 Å². The van der Waals surface area contributed by atoms with E-state index >= 15 is 0 Å². The van der Waals surface area contributed by atoms with Crippen LogP contribution in [-0.4, -0.2) is 27.6 Å². The van der Waals surface area contributed by atoms with Crippen molar-refractivity contribution in [3.63, 3.8) is 0 Å². The summed E-state index contributed by atoms with van der Waals surface area (Å²) in [4.78, 5) is 31.0. The third-order valence-corrected chi connectivity index (χ3v) is 7.99. The molecule has 0 saturated heterocycles. The van der Waals surface area contributed by atoms with Gasteiger partial charge in [-0.05, 0) is 67.9 Å². The fourth-order valence-corrected chi connectivity index (χ4v) is 7.46. The molecule has 7 heteroatoms. The third-order valence-electron chi connectivity index (χ3n) is 7.11. The van der Waals surface area contributed by atoms with Crippen molar-refractivity contribution in [2.24, 2.45) is 17.3 Å². The summed E-state index contributed by atoms with van der Waals surface area (Å²) in [6.45, 7) is 1.61. The molecule has 1 aromatic heterocycles. The summed E-state index contributed by atoms with van der Waals surface area (Å²) in [6.07, 6.45) is 6.18. The van der Waals surface area contributed by atoms with Gasteiger partial charge in [-0.25, -0.2) is 4.98 Å². The van der Waals surface area contributed by atoms with Gasteiger partial charge in [-0.2, -0.15) is 0 Å². The number of benzene rings is 1. The maximum Gasteiger partial charge on any atom is 0.306 e. The highest BCUT2D eigenvalue weighted by Gasteiger charge is 2.57. The number of amides is 1. The van der Waals surface area contributed by atoms with Gasteiger partial charge in [0.05, 0.1) is 23.4 Å². The van der Waals surface area contributed by atoms with Gasteiger partial charge in [-0.3, -0.25) is 14.5 Å². The first-order chi connectivity index (χ1) is 14.8. The van der Waals surface area contributed by atoms with Crippen molar-refractivity contribution in [2.45, 2.75) is 64.1 Å². The van der Waals surface area contributed by atoms with Gasteiger partial charge in [0, 0.05) is 12.3 Å². The molecule has 4 saturated carbocycles. The van der Waals surface area contributed by atoms with Crippen molar-refractivity contribution in [1.29, 1.82) is 0 Å². The predicted octanol–water partition coefficient (Wildman–Crippen LogP) is 4.59. The van der Waals surface area contributed by atoms with Gasteiger partial charge >= 0.3 is 5.97 Å². The Hall–Kier alpha value is -2.25. The highest BCUT2D eigenvalue weighted by molar-refractivity contribution is 7.14. The van der Waals surface area contributed by atoms with Crippen LogP contribution in [0.3, 0.4) is 0 Å². The van der Waals surface area contributed by atoms with E-state index in [1.54, 1.807) is 4.90 Å². The van der Waals surface area contributed by atoms with Crippen LogP contribution in [0.15, 0.2) is 35.7 Å². The molecule has 6 nitrogen and oxygen atoms in total. The summed E-state index contributed by atoms with van der Waals surface area (Å²) < 4.78 is 5.58. The summed E-state index contributed by atoms with van der Waals surface area (Å²) in [5.41, 5.74) is 0.733. The standard InChI is InChI=1S/C24H28N2O4S/c1-16(27)26(20-5-3-2-4-6-20)22-25-19(14-31-22)13-30-21(28)12-23-8-17-7-18(9-23)11-24(29,10-17)15-23/h2-6,14,17-18,29H,7-13,15H2,1H3. The lowest BCUT2D eigenvalue weighted by Crippen LogP contribution is -2.56. The van der Waals surface area contributed by atoms with Crippen LogP contribution in [0.2, 0.25) is 0 Å². The Balaban J connectivity index is 1.22. The van der Waals surface area contributed by atoms with Crippen molar-refractivity contribution >= 4 is 34.0 Å². The first-order valence-electron chi connectivity index (χ1n) is 11.0. The van der Waals surface area contributed by atoms with Crippen molar-refractivity contribution in [1.82, 2.24) is 4.98 Å². The maximum atomic E-state index is 12.7. The van der Waals surface area contributed by atoms with Gasteiger partial charge in [0.2, 0.25) is 5.91 Å². The van der Waals surface area contributed by atoms with E-state index in [-0.39, 0.29) is 23.9 Å². The Labute approximate surface area is 186 Å². The number of carbonyl (C=O) groups is 2. The highest BCUT2D eigenvalue weighted by Crippen LogP contribution is 2.62. The molecule has 1 aromatic carbocycles. The number of anilines is 2. The number of carbonyl (C=O) groups excluding carboxylic acids is 2. The Morgan fingerprint density at radius 3 is 2.55 bits per heavy atom. The number of aliphatic hydroxyl groups is 1. The summed E-state index contributed by atoms with van der Waals surface area (Å²) in [5.74, 6) is 0.766. The van der Waals surface area contributed by atoms with Crippen molar-refractivity contribution in [3.8, 4) is 0 Å². The fraction of sp³-hybridized carbons (Fsp3) is 0.542. The molecule has 2 aromatic rings. The number of esters is 1. The SMILES string of the molecule is CC(=O)N(c1ccccc1)c1nc(COC(=O)CC23CC4CC(CC(O)(C4)C2)C3)cs1. The van der Waals surface area contributed by atoms with E-state index in [4.69, 9.17) is 4.74 Å². The second kappa shape index (κ2) is 7.71. The summed E-state index contributed by atoms with van der Waals surface area (Å²) in [6, 6.07) is 9.38. The third kappa shape index (κ3) is 4.13. The molecule has 1 amide bonds. The molecule has 4 aliphatic rings. The molecule has 4 bridgehead atoms. The molecule has 2 unspecified atom stereocenters. The van der Waals surface area contributed by atoms with E-state index in [1.807, 2.05) is 35.7 Å². The maximum absolute atomic E-state index is 12.7. The first kappa shape index (κ1) is 20.6. The average molecular weight is 441 g/mol. The van der Waals surface area contributed by atoms with Crippen LogP contribution in [0.4, 0.5) is 10.8 Å². The van der Waals surface area contributed by atoms with Gasteiger partial charge in [-0.1, -0.05) is 18.2 Å². The van der Waals surface area contributed by atoms with E-state index in [1.165, 1.54) is 24.7 Å². The quantitative estimate of drug-likeness (QED) is 0.665. The minimum absolute atomic E-state index is 0.0953. The number of nitrogens with zero attached hydrogens (tertiary/aromatic N) is 2. The molecule has 31 heavy (non-hydrogen) atoms. The highest BCUT2D eigenvalue weighted by atomic mass is 32.1. The molecule has 0 spiro atoms. The van der Waals surface area contributed by atoms with Crippen LogP contribution in [-0.2, 0) is 20.9 Å². The van der Waals surface area contributed by atoms with Crippen LogP contribution in [0, 0.1) is 17.3 Å². The zero-order valence-corrected chi connectivity index (χ0v) is 18.6. The second-order valence-corrected chi connectivity index (χ2v) is 10.7. The van der Waals surface area contributed by atoms with Gasteiger partial charge in [0.15, 0.2) is 5.13 Å². The van der Waals surface area contributed by atoms with E-state index in [0.717, 1.165) is 37.8 Å². The fourth-order valence-electron chi connectivity index (χ4n) is 6.59. The number of para-hydroxylation sites is 1. The van der Waals surface area contributed by atoms with Crippen LogP contribution in [0.5, 0.6) is 0 Å². The second-order valence-electron chi connectivity index (χ2n) is 9.83. The van der Waals surface area contributed by atoms with Gasteiger partial charge < -0.3 is 9.84 Å². The molecular formula is C24H28N2O4S. The number of rotatable bonds is 6. The van der Waals surface area contributed by atoms with Crippen molar-refractivity contribution < 1.29 is 19.4 Å². The molecule has 6 rings (SSSR count). The minimum atomic E-state index is -0.568. The number of thiazole rings is 1. The minimum Gasteiger partial charge on any atom is -0.459 e. The summed E-state index contributed by atoms with van der Waals surface area (Å²) in [5, 5.41) is 13.3. The molecule has 164 valence electrons. The summed E-state index contributed by atoms with van der Waals surface area (Å²) in [7, 11) is 0. The lowest BCUT2D eigenvalue weighted by Gasteiger charge is -2.60. The Kier molecular flexibility index (Phi) is 5.13. The van der Waals surface area contributed by atoms with Crippen LogP contribution >= 0.6 is 11.3 Å². The smallest absolute Gasteiger partial charge is 0.306 e. The normalized spacial score (nSPS) is 30.9. The lowest BCUT2D eigenvalue weighted by atomic mass is 9.47. The topological polar surface area (TPSA) is 79.7 Å². The zero-order chi connectivity index (χ0) is 21.6. The van der Waals surface area contributed by atoms with Gasteiger partial charge in [0.25, 0.3) is 0 Å². The van der Waals surface area contributed by atoms with Crippen molar-refractivity contribution in [2.75, 3.05) is 4.90 Å². The number of aromatic nitrogens is 1. The predicted molar refractivity (Wildman–Crippen MR) is 118 cm³/mol. The number of hydrogen-bond acceptors (Lipinski definition) is 6. The Morgan fingerprint density at radius 2 is 1.90 bits per heavy atom. The first-order valence-corrected chi connectivity index (χ1v) is 11.9. The lowest BCUT2D eigenvalue weighted by molar-refractivity contribution is -0.177. The largest absolute Gasteiger partial charge is 0.459 e. The Bertz CT molecular complexity index is 974. The summed E-state index contributed by atoms with van der Waals surface area (Å²) >= 11 is 1.36. The number of hydrogen-bond donors (Lipinski definition) is 1. The van der Waals surface area contributed by atoms with Gasteiger partial charge in [-0.15, -0.1) is 11.3 Å². The molecule has 0 aliphatic heterocycles. The molecule has 1 N–H and O–H groups in total. The molecule has 2 atom stereocenters. The van der Waals surface area contributed by atoms with Crippen LogP contribution < -0.4 is 4.90 Å². The van der Waals surface area contributed by atoms with Gasteiger partial charge in [0.1, 0.15) is 6.61 Å². The molecule has 4 aliphatic carbocycles. The van der Waals surface area contributed by atoms with Crippen molar-refractivity contribution in [3.05, 3.63) is 41.4 Å². The molecule has 0 radical (unpaired) electrons. The van der Waals surface area contributed by atoms with E-state index in [2.05, 4.69) is 4.98 Å². The molecule has 4 fully saturated rings. The van der Waals surface area contributed by atoms with E-state index in [9.17, 15) is 14.7 Å². The number of ether oxygens (including phenoxy) is 1. The molecule has 1 heterocycles. The molecular weight excluding hydrogens is 412 g/mol. The van der Waals surface area contributed by atoms with E-state index in [0.29, 0.717) is 29.1 Å². The van der Waals surface area contributed by atoms with Crippen LogP contribution in [0.25, 0.3) is 0 Å². The monoisotopic (exact) mass is 440 g/mol. The average Bonchev–Trinajstić information content (AvgIpc) is 3.13. The zero-order valence-electron chi connectivity index (χ0n) is 17.8. The Morgan fingerprint density at radius 1 is 1.19 bits per heavy atom.